The van der Waals surface area contributed by atoms with Crippen molar-refractivity contribution in [2.45, 2.75) is 64.8 Å². The van der Waals surface area contributed by atoms with Gasteiger partial charge in [-0.1, -0.05) is 37.1 Å². The van der Waals surface area contributed by atoms with E-state index in [0.29, 0.717) is 38.3 Å². The van der Waals surface area contributed by atoms with Crippen LogP contribution < -0.4 is 5.32 Å². The first-order valence-corrected chi connectivity index (χ1v) is 12.1. The highest BCUT2D eigenvalue weighted by atomic mass is 16.2. The molecule has 5 nitrogen and oxygen atoms in total. The van der Waals surface area contributed by atoms with Gasteiger partial charge in [0.05, 0.1) is 5.41 Å². The number of benzene rings is 1. The van der Waals surface area contributed by atoms with E-state index in [-0.39, 0.29) is 17.9 Å². The molecule has 1 saturated heterocycles. The number of amides is 2. The van der Waals surface area contributed by atoms with Crippen LogP contribution in [0.15, 0.2) is 48.8 Å². The van der Waals surface area contributed by atoms with E-state index in [1.54, 1.807) is 12.4 Å². The van der Waals surface area contributed by atoms with Crippen LogP contribution in [0, 0.1) is 11.3 Å². The Balaban J connectivity index is 1.58. The Labute approximate surface area is 191 Å². The van der Waals surface area contributed by atoms with Crippen molar-refractivity contribution < 1.29 is 9.59 Å². The summed E-state index contributed by atoms with van der Waals surface area (Å²) in [6.45, 7) is 5.35. The molecule has 4 rings (SSSR count). The third kappa shape index (κ3) is 4.87. The first kappa shape index (κ1) is 22.5. The summed E-state index contributed by atoms with van der Waals surface area (Å²) in [6, 6.07) is 12.5. The molecule has 170 valence electrons. The second-order valence-corrected chi connectivity index (χ2v) is 9.78. The minimum Gasteiger partial charge on any atom is -0.353 e. The van der Waals surface area contributed by atoms with E-state index < -0.39 is 5.41 Å². The average Bonchev–Trinajstić information content (AvgIpc) is 3.35. The lowest BCUT2D eigenvalue weighted by molar-refractivity contribution is -0.143. The quantitative estimate of drug-likeness (QED) is 0.723. The highest BCUT2D eigenvalue weighted by molar-refractivity contribution is 5.85. The van der Waals surface area contributed by atoms with Crippen LogP contribution in [0.5, 0.6) is 0 Å². The first-order chi connectivity index (χ1) is 15.5. The topological polar surface area (TPSA) is 62.3 Å². The molecule has 0 radical (unpaired) electrons. The number of carbonyl (C=O) groups excluding carboxylic acids is 2. The minimum absolute atomic E-state index is 0.0907. The maximum absolute atomic E-state index is 13.5. The maximum Gasteiger partial charge on any atom is 0.226 e. The van der Waals surface area contributed by atoms with Gasteiger partial charge >= 0.3 is 0 Å². The second kappa shape index (κ2) is 9.85. The number of nitrogens with zero attached hydrogens (tertiary/aromatic N) is 2. The molecule has 1 aromatic heterocycles. The molecule has 0 atom stereocenters. The van der Waals surface area contributed by atoms with E-state index in [2.05, 4.69) is 22.4 Å². The highest BCUT2D eigenvalue weighted by Crippen LogP contribution is 2.39. The summed E-state index contributed by atoms with van der Waals surface area (Å²) in [6.07, 6.45) is 10.1. The van der Waals surface area contributed by atoms with Gasteiger partial charge in [0.2, 0.25) is 11.8 Å². The summed E-state index contributed by atoms with van der Waals surface area (Å²) in [5.41, 5.74) is 2.94. The predicted octanol–water partition coefficient (Wildman–Crippen LogP) is 4.61. The summed E-state index contributed by atoms with van der Waals surface area (Å²) in [4.78, 5) is 32.6. The Morgan fingerprint density at radius 1 is 1.06 bits per heavy atom. The summed E-state index contributed by atoms with van der Waals surface area (Å²) < 4.78 is 0. The number of likely N-dealkylation sites (tertiary alicyclic amines) is 1. The van der Waals surface area contributed by atoms with Crippen molar-refractivity contribution in [2.75, 3.05) is 13.1 Å². The van der Waals surface area contributed by atoms with Gasteiger partial charge in [-0.2, -0.15) is 0 Å². The van der Waals surface area contributed by atoms with E-state index in [0.717, 1.165) is 36.8 Å². The number of aromatic nitrogens is 1. The van der Waals surface area contributed by atoms with Gasteiger partial charge in [0, 0.05) is 37.4 Å². The summed E-state index contributed by atoms with van der Waals surface area (Å²) in [5, 5.41) is 3.18. The Bertz CT molecular complexity index is 927. The summed E-state index contributed by atoms with van der Waals surface area (Å²) in [7, 11) is 0. The number of carbonyl (C=O) groups is 2. The van der Waals surface area contributed by atoms with Gasteiger partial charge in [-0.25, -0.2) is 0 Å². The van der Waals surface area contributed by atoms with Gasteiger partial charge < -0.3 is 10.2 Å². The van der Waals surface area contributed by atoms with Gasteiger partial charge in [-0.3, -0.25) is 14.6 Å². The molecule has 1 saturated carbocycles. The Morgan fingerprint density at radius 3 is 2.38 bits per heavy atom. The van der Waals surface area contributed by atoms with Crippen LogP contribution in [0.2, 0.25) is 0 Å². The molecule has 1 N–H and O–H groups in total. The summed E-state index contributed by atoms with van der Waals surface area (Å²) in [5.74, 6) is 0.613. The van der Waals surface area contributed by atoms with Crippen LogP contribution in [0.1, 0.15) is 57.9 Å². The van der Waals surface area contributed by atoms with Crippen molar-refractivity contribution >= 4 is 11.8 Å². The standard InChI is InChI=1S/C27H35N3O2/c1-20(2)29-26(32)27(13-17-30(18-14-27)25(31)22-7-3-4-8-22)19-23-9-5-6-10-24(23)21-11-15-28-16-12-21/h5-6,9-12,15-16,20,22H,3-4,7-8,13-14,17-19H2,1-2H3,(H,29,32). The van der Waals surface area contributed by atoms with Crippen molar-refractivity contribution in [3.05, 3.63) is 54.4 Å². The van der Waals surface area contributed by atoms with Crippen molar-refractivity contribution in [2.24, 2.45) is 11.3 Å². The molecular weight excluding hydrogens is 398 g/mol. The van der Waals surface area contributed by atoms with Gasteiger partial charge in [0.15, 0.2) is 0 Å². The molecule has 2 aromatic rings. The number of hydrogen-bond acceptors (Lipinski definition) is 3. The molecule has 0 spiro atoms. The van der Waals surface area contributed by atoms with Gasteiger partial charge in [0.25, 0.3) is 0 Å². The number of nitrogens with one attached hydrogen (secondary N) is 1. The van der Waals surface area contributed by atoms with E-state index >= 15 is 0 Å². The van der Waals surface area contributed by atoms with Crippen LogP contribution in [0.4, 0.5) is 0 Å². The van der Waals surface area contributed by atoms with Crippen molar-refractivity contribution in [3.8, 4) is 11.1 Å². The lowest BCUT2D eigenvalue weighted by Gasteiger charge is -2.42. The molecule has 1 aliphatic heterocycles. The molecule has 0 bridgehead atoms. The molecule has 2 aliphatic rings. The molecule has 2 amide bonds. The molecule has 32 heavy (non-hydrogen) atoms. The zero-order valence-electron chi connectivity index (χ0n) is 19.3. The number of hydrogen-bond donors (Lipinski definition) is 1. The highest BCUT2D eigenvalue weighted by Gasteiger charge is 2.43. The van der Waals surface area contributed by atoms with E-state index in [1.807, 2.05) is 43.0 Å². The second-order valence-electron chi connectivity index (χ2n) is 9.78. The monoisotopic (exact) mass is 433 g/mol. The van der Waals surface area contributed by atoms with Crippen LogP contribution in [-0.4, -0.2) is 40.8 Å². The van der Waals surface area contributed by atoms with Gasteiger partial charge in [-0.05, 0) is 74.8 Å². The van der Waals surface area contributed by atoms with Gasteiger partial charge in [0.1, 0.15) is 0 Å². The molecule has 1 aromatic carbocycles. The number of piperidine rings is 1. The lowest BCUT2D eigenvalue weighted by Crippen LogP contribution is -2.53. The fourth-order valence-electron chi connectivity index (χ4n) is 5.34. The number of rotatable bonds is 6. The third-order valence-electron chi connectivity index (χ3n) is 7.18. The van der Waals surface area contributed by atoms with Crippen LogP contribution in [-0.2, 0) is 16.0 Å². The molecule has 2 heterocycles. The van der Waals surface area contributed by atoms with E-state index in [4.69, 9.17) is 0 Å². The van der Waals surface area contributed by atoms with E-state index in [9.17, 15) is 9.59 Å². The predicted molar refractivity (Wildman–Crippen MR) is 127 cm³/mol. The minimum atomic E-state index is -0.500. The fraction of sp³-hybridized carbons (Fsp3) is 0.519. The zero-order valence-corrected chi connectivity index (χ0v) is 19.3. The Morgan fingerprint density at radius 2 is 1.72 bits per heavy atom. The van der Waals surface area contributed by atoms with Crippen LogP contribution in [0.3, 0.4) is 0 Å². The number of pyridine rings is 1. The molecule has 5 heteroatoms. The average molecular weight is 434 g/mol. The van der Waals surface area contributed by atoms with Crippen LogP contribution in [0.25, 0.3) is 11.1 Å². The summed E-state index contributed by atoms with van der Waals surface area (Å²) >= 11 is 0. The zero-order chi connectivity index (χ0) is 22.6. The van der Waals surface area contributed by atoms with Gasteiger partial charge in [-0.15, -0.1) is 0 Å². The normalized spacial score (nSPS) is 18.7. The van der Waals surface area contributed by atoms with Crippen LogP contribution >= 0.6 is 0 Å². The first-order valence-electron chi connectivity index (χ1n) is 12.1. The third-order valence-corrected chi connectivity index (χ3v) is 7.18. The smallest absolute Gasteiger partial charge is 0.226 e. The Kier molecular flexibility index (Phi) is 6.92. The van der Waals surface area contributed by atoms with Crippen molar-refractivity contribution in [1.82, 2.24) is 15.2 Å². The molecular formula is C27H35N3O2. The van der Waals surface area contributed by atoms with Crippen molar-refractivity contribution in [3.63, 3.8) is 0 Å². The Hall–Kier alpha value is -2.69. The van der Waals surface area contributed by atoms with Crippen molar-refractivity contribution in [1.29, 1.82) is 0 Å². The van der Waals surface area contributed by atoms with E-state index in [1.165, 1.54) is 5.56 Å². The SMILES string of the molecule is CC(C)NC(=O)C1(Cc2ccccc2-c2ccncc2)CCN(C(=O)C2CCCC2)CC1. The lowest BCUT2D eigenvalue weighted by atomic mass is 9.71. The maximum atomic E-state index is 13.5. The molecule has 0 unspecified atom stereocenters. The largest absolute Gasteiger partial charge is 0.353 e. The fourth-order valence-corrected chi connectivity index (χ4v) is 5.34. The molecule has 1 aliphatic carbocycles. The molecule has 2 fully saturated rings.